The minimum absolute atomic E-state index is 0.135. The largest absolute Gasteiger partial charge is 0.379 e. The monoisotopic (exact) mass is 443 g/mol. The maximum Gasteiger partial charge on any atom is 0.132 e. The molecule has 0 fully saturated rings. The summed E-state index contributed by atoms with van der Waals surface area (Å²) in [4.78, 5) is 10.7. The predicted octanol–water partition coefficient (Wildman–Crippen LogP) is 2.67. The van der Waals surface area contributed by atoms with E-state index in [0.29, 0.717) is 72.5 Å². The molecule has 0 aromatic carbocycles. The molecule has 1 rings (SSSR count). The van der Waals surface area contributed by atoms with Gasteiger partial charge in [-0.3, -0.25) is 9.48 Å². The average molecular weight is 444 g/mol. The highest BCUT2D eigenvalue weighted by atomic mass is 16.6. The van der Waals surface area contributed by atoms with Crippen molar-refractivity contribution in [1.29, 1.82) is 0 Å². The number of hydrogen-bond donors (Lipinski definition) is 0. The van der Waals surface area contributed by atoms with E-state index < -0.39 is 0 Å². The standard InChI is InChI=1S/C22H41N3O6/c1-20(2)6-4-5-8-25-18-22(23-24-25)19-31-17-16-30-15-14-29-13-12-28-11-10-27-9-7-21(3)26/h18,20H,4-17,19H2,1-3H3. The molecule has 1 aromatic rings. The Morgan fingerprint density at radius 2 is 1.42 bits per heavy atom. The van der Waals surface area contributed by atoms with Crippen LogP contribution in [0.4, 0.5) is 0 Å². The summed E-state index contributed by atoms with van der Waals surface area (Å²) in [6, 6.07) is 0. The first-order valence-electron chi connectivity index (χ1n) is 11.3. The summed E-state index contributed by atoms with van der Waals surface area (Å²) in [7, 11) is 0. The Bertz CT molecular complexity index is 553. The molecule has 0 atom stereocenters. The molecule has 1 heterocycles. The van der Waals surface area contributed by atoms with Crippen molar-refractivity contribution < 1.29 is 28.5 Å². The third-order valence-corrected chi connectivity index (χ3v) is 4.34. The van der Waals surface area contributed by atoms with Gasteiger partial charge in [-0.1, -0.05) is 31.9 Å². The van der Waals surface area contributed by atoms with Crippen molar-refractivity contribution in [3.8, 4) is 0 Å². The van der Waals surface area contributed by atoms with Crippen molar-refractivity contribution >= 4 is 5.78 Å². The van der Waals surface area contributed by atoms with Crippen LogP contribution in [0.1, 0.15) is 52.1 Å². The van der Waals surface area contributed by atoms with Crippen LogP contribution in [-0.2, 0) is 41.6 Å². The maximum atomic E-state index is 10.7. The van der Waals surface area contributed by atoms with Gasteiger partial charge in [0.05, 0.1) is 72.3 Å². The molecule has 0 aliphatic rings. The van der Waals surface area contributed by atoms with Gasteiger partial charge in [-0.15, -0.1) is 5.10 Å². The van der Waals surface area contributed by atoms with Gasteiger partial charge in [0.15, 0.2) is 0 Å². The van der Waals surface area contributed by atoms with E-state index in [0.717, 1.165) is 24.6 Å². The quantitative estimate of drug-likeness (QED) is 0.253. The lowest BCUT2D eigenvalue weighted by atomic mass is 10.1. The van der Waals surface area contributed by atoms with E-state index in [-0.39, 0.29) is 5.78 Å². The molecule has 0 N–H and O–H groups in total. The fraction of sp³-hybridized carbons (Fsp3) is 0.864. The van der Waals surface area contributed by atoms with Crippen LogP contribution in [0.5, 0.6) is 0 Å². The first-order valence-corrected chi connectivity index (χ1v) is 11.3. The van der Waals surface area contributed by atoms with Crippen LogP contribution in [0.2, 0.25) is 0 Å². The van der Waals surface area contributed by atoms with Crippen LogP contribution in [0.15, 0.2) is 6.20 Å². The Labute approximate surface area is 186 Å². The number of carbonyl (C=O) groups is 1. The molecule has 0 radical (unpaired) electrons. The first-order chi connectivity index (χ1) is 15.1. The topological polar surface area (TPSA) is 93.9 Å². The number of aryl methyl sites for hydroxylation is 1. The molecule has 0 saturated heterocycles. The lowest BCUT2D eigenvalue weighted by Gasteiger charge is -2.07. The zero-order chi connectivity index (χ0) is 22.6. The van der Waals surface area contributed by atoms with E-state index in [9.17, 15) is 4.79 Å². The van der Waals surface area contributed by atoms with Gasteiger partial charge in [0, 0.05) is 13.0 Å². The molecule has 0 unspecified atom stereocenters. The van der Waals surface area contributed by atoms with Gasteiger partial charge in [0.1, 0.15) is 11.5 Å². The van der Waals surface area contributed by atoms with Gasteiger partial charge < -0.3 is 23.7 Å². The fourth-order valence-electron chi connectivity index (χ4n) is 2.61. The highest BCUT2D eigenvalue weighted by molar-refractivity contribution is 5.75. The summed E-state index contributed by atoms with van der Waals surface area (Å²) in [5.41, 5.74) is 0.844. The van der Waals surface area contributed by atoms with Gasteiger partial charge >= 0.3 is 0 Å². The van der Waals surface area contributed by atoms with Gasteiger partial charge in [-0.25, -0.2) is 0 Å². The molecule has 0 amide bonds. The summed E-state index contributed by atoms with van der Waals surface area (Å²) in [6.07, 6.45) is 6.00. The zero-order valence-corrected chi connectivity index (χ0v) is 19.6. The van der Waals surface area contributed by atoms with Gasteiger partial charge in [-0.2, -0.15) is 0 Å². The smallest absolute Gasteiger partial charge is 0.132 e. The SMILES string of the molecule is CC(=O)CCOCCOCCOCCOCCOCc1cn(CCCCC(C)C)nn1. The number of aromatic nitrogens is 3. The first kappa shape index (κ1) is 27.6. The summed E-state index contributed by atoms with van der Waals surface area (Å²) >= 11 is 0. The second-order valence-electron chi connectivity index (χ2n) is 7.82. The molecule has 9 heteroatoms. The highest BCUT2D eigenvalue weighted by Crippen LogP contribution is 2.07. The fourth-order valence-corrected chi connectivity index (χ4v) is 2.61. The molecule has 1 aromatic heterocycles. The van der Waals surface area contributed by atoms with Crippen LogP contribution >= 0.6 is 0 Å². The van der Waals surface area contributed by atoms with Crippen molar-refractivity contribution in [2.75, 3.05) is 59.5 Å². The van der Waals surface area contributed by atoms with Crippen LogP contribution in [0.3, 0.4) is 0 Å². The van der Waals surface area contributed by atoms with Crippen LogP contribution in [-0.4, -0.2) is 80.2 Å². The molecule has 180 valence electrons. The van der Waals surface area contributed by atoms with E-state index in [1.165, 1.54) is 12.8 Å². The highest BCUT2D eigenvalue weighted by Gasteiger charge is 2.02. The van der Waals surface area contributed by atoms with Crippen molar-refractivity contribution in [3.63, 3.8) is 0 Å². The molecule has 31 heavy (non-hydrogen) atoms. The van der Waals surface area contributed by atoms with E-state index >= 15 is 0 Å². The van der Waals surface area contributed by atoms with Crippen LogP contribution < -0.4 is 0 Å². The minimum Gasteiger partial charge on any atom is -0.379 e. The van der Waals surface area contributed by atoms with Gasteiger partial charge in [0.25, 0.3) is 0 Å². The molecule has 0 spiro atoms. The number of hydrogen-bond acceptors (Lipinski definition) is 8. The van der Waals surface area contributed by atoms with E-state index in [4.69, 9.17) is 23.7 Å². The Morgan fingerprint density at radius 3 is 1.97 bits per heavy atom. The molecule has 0 aliphatic carbocycles. The normalized spacial score (nSPS) is 11.5. The van der Waals surface area contributed by atoms with Crippen molar-refractivity contribution in [1.82, 2.24) is 15.0 Å². The average Bonchev–Trinajstić information content (AvgIpc) is 3.18. The third-order valence-electron chi connectivity index (χ3n) is 4.34. The second kappa shape index (κ2) is 19.3. The van der Waals surface area contributed by atoms with E-state index in [1.54, 1.807) is 6.92 Å². The number of ether oxygens (including phenoxy) is 5. The minimum atomic E-state index is 0.135. The lowest BCUT2D eigenvalue weighted by molar-refractivity contribution is -0.118. The number of ketones is 1. The van der Waals surface area contributed by atoms with E-state index in [1.807, 2.05) is 10.9 Å². The lowest BCUT2D eigenvalue weighted by Crippen LogP contribution is -2.13. The van der Waals surface area contributed by atoms with Gasteiger partial charge in [0.2, 0.25) is 0 Å². The zero-order valence-electron chi connectivity index (χ0n) is 19.6. The Hall–Kier alpha value is -1.39. The Kier molecular flexibility index (Phi) is 17.2. The van der Waals surface area contributed by atoms with Crippen LogP contribution in [0, 0.1) is 5.92 Å². The van der Waals surface area contributed by atoms with Crippen molar-refractivity contribution in [3.05, 3.63) is 11.9 Å². The predicted molar refractivity (Wildman–Crippen MR) is 117 cm³/mol. The summed E-state index contributed by atoms with van der Waals surface area (Å²) < 4.78 is 29.0. The molecule has 0 bridgehead atoms. The summed E-state index contributed by atoms with van der Waals surface area (Å²) in [6.45, 7) is 11.9. The maximum absolute atomic E-state index is 10.7. The van der Waals surface area contributed by atoms with Crippen LogP contribution in [0.25, 0.3) is 0 Å². The number of Topliss-reactive ketones (excluding diaryl/α,β-unsaturated/α-hetero) is 1. The Morgan fingerprint density at radius 1 is 0.871 bits per heavy atom. The molecule has 9 nitrogen and oxygen atoms in total. The van der Waals surface area contributed by atoms with Crippen molar-refractivity contribution in [2.24, 2.45) is 5.92 Å². The molecule has 0 aliphatic heterocycles. The number of unbranched alkanes of at least 4 members (excludes halogenated alkanes) is 1. The van der Waals surface area contributed by atoms with Gasteiger partial charge in [-0.05, 0) is 19.3 Å². The van der Waals surface area contributed by atoms with E-state index in [2.05, 4.69) is 24.2 Å². The summed E-state index contributed by atoms with van der Waals surface area (Å²) in [5.74, 6) is 0.888. The Balaban J connectivity index is 1.81. The second-order valence-corrected chi connectivity index (χ2v) is 7.82. The number of rotatable bonds is 22. The number of nitrogens with zero attached hydrogens (tertiary/aromatic N) is 3. The summed E-state index contributed by atoms with van der Waals surface area (Å²) in [5, 5.41) is 8.27. The van der Waals surface area contributed by atoms with Crippen molar-refractivity contribution in [2.45, 2.75) is 59.6 Å². The molecule has 0 saturated carbocycles. The third kappa shape index (κ3) is 17.9. The molecular formula is C22H41N3O6. The number of carbonyl (C=O) groups excluding carboxylic acids is 1. The molecular weight excluding hydrogens is 402 g/mol.